The topological polar surface area (TPSA) is 0 Å². The van der Waals surface area contributed by atoms with Gasteiger partial charge >= 0.3 is 38.7 Å². The van der Waals surface area contributed by atoms with Gasteiger partial charge in [-0.3, -0.25) is 0 Å². The molecule has 0 aromatic carbocycles. The Labute approximate surface area is 68.0 Å². The van der Waals surface area contributed by atoms with Crippen LogP contribution in [-0.2, 0) is 0 Å². The maximum atomic E-state index is 0. The van der Waals surface area contributed by atoms with Gasteiger partial charge in [-0.05, 0) is 11.0 Å². The summed E-state index contributed by atoms with van der Waals surface area (Å²) in [5.74, 6) is 0. The van der Waals surface area contributed by atoms with Crippen LogP contribution in [0.15, 0.2) is 0 Å². The second kappa shape index (κ2) is 20.1. The predicted molar refractivity (Wildman–Crippen MR) is 32.3 cm³/mol. The van der Waals surface area contributed by atoms with Crippen molar-refractivity contribution in [3.05, 3.63) is 0 Å². The van der Waals surface area contributed by atoms with Gasteiger partial charge in [-0.1, -0.05) is 0 Å². The first-order chi connectivity index (χ1) is 0. The molecular formula is H11AlGaLiSi. The maximum Gasteiger partial charge on any atom is 1.00 e. The quantitative estimate of drug-likeness (QED) is 0.295. The van der Waals surface area contributed by atoms with Crippen LogP contribution in [0.3, 0.4) is 0 Å². The van der Waals surface area contributed by atoms with Gasteiger partial charge < -0.3 is 1.43 Å². The Balaban J connectivity index is 0. The summed E-state index contributed by atoms with van der Waals surface area (Å²) in [6, 6.07) is 0. The van der Waals surface area contributed by atoms with Crippen LogP contribution in [0.1, 0.15) is 1.43 Å². The molecule has 0 aromatic heterocycles. The van der Waals surface area contributed by atoms with Crippen molar-refractivity contribution < 1.29 is 20.3 Å². The SMILES string of the molecule is [AlH3].[GaH3].[H-].[Li+].[SiH4]. The van der Waals surface area contributed by atoms with E-state index in [9.17, 15) is 0 Å². The van der Waals surface area contributed by atoms with Crippen LogP contribution in [-0.4, -0.2) is 48.1 Å². The van der Waals surface area contributed by atoms with Crippen molar-refractivity contribution in [3.8, 4) is 0 Å². The minimum Gasteiger partial charge on any atom is -1.00 e. The first kappa shape index (κ1) is 37.8. The van der Waals surface area contributed by atoms with Gasteiger partial charge in [-0.25, -0.2) is 0 Å². The molecule has 0 N–H and O–H groups in total. The third kappa shape index (κ3) is 9.01. The maximum absolute atomic E-state index is 0. The predicted octanol–water partition coefficient (Wildman–Crippen LogP) is -6.70. The number of rotatable bonds is 0. The van der Waals surface area contributed by atoms with Crippen LogP contribution in [0.25, 0.3) is 0 Å². The molecule has 0 nitrogen and oxygen atoms in total. The van der Waals surface area contributed by atoms with E-state index in [0.29, 0.717) is 0 Å². The number of hydrogen-bond donors (Lipinski definition) is 0. The van der Waals surface area contributed by atoms with E-state index in [1.165, 1.54) is 0 Å². The molecule has 0 aliphatic heterocycles. The Morgan fingerprint density at radius 1 is 1.25 bits per heavy atom. The van der Waals surface area contributed by atoms with Crippen molar-refractivity contribution in [3.63, 3.8) is 0 Å². The summed E-state index contributed by atoms with van der Waals surface area (Å²) in [6.45, 7) is 0. The molecule has 0 fully saturated rings. The molecule has 4 heteroatoms. The zero-order valence-corrected chi connectivity index (χ0v) is 1.00. The first-order valence-electron chi connectivity index (χ1n) is 0. The van der Waals surface area contributed by atoms with Gasteiger partial charge in [0, 0.05) is 0 Å². The molecule has 0 bridgehead atoms. The molecule has 0 atom stereocenters. The fraction of sp³-hybridized carbons (Fsp3) is 0. The molecule has 0 saturated heterocycles. The Kier molecular flexibility index (Phi) is 190. The van der Waals surface area contributed by atoms with Crippen LogP contribution in [0.4, 0.5) is 0 Å². The summed E-state index contributed by atoms with van der Waals surface area (Å²) >= 11 is 0. The minimum absolute atomic E-state index is 0. The fourth-order valence-corrected chi connectivity index (χ4v) is 0. The second-order valence-corrected chi connectivity index (χ2v) is 0. The molecule has 0 amide bonds. The molecule has 0 aliphatic carbocycles. The fourth-order valence-electron chi connectivity index (χ4n) is 0. The van der Waals surface area contributed by atoms with Gasteiger partial charge in [-0.2, -0.15) is 0 Å². The van der Waals surface area contributed by atoms with E-state index < -0.39 is 0 Å². The number of hydrogen-bond acceptors (Lipinski definition) is 0. The molecule has 4 heavy (non-hydrogen) atoms. The summed E-state index contributed by atoms with van der Waals surface area (Å²) < 4.78 is 0. The van der Waals surface area contributed by atoms with Crippen molar-refractivity contribution >= 4 is 48.1 Å². The third-order valence-corrected chi connectivity index (χ3v) is 0. The summed E-state index contributed by atoms with van der Waals surface area (Å²) in [5, 5.41) is 0. The van der Waals surface area contributed by atoms with Gasteiger partial charge in [0.2, 0.25) is 0 Å². The van der Waals surface area contributed by atoms with Crippen molar-refractivity contribution in [1.82, 2.24) is 0 Å². The summed E-state index contributed by atoms with van der Waals surface area (Å²) in [7, 11) is 0. The molecule has 0 unspecified atom stereocenters. The van der Waals surface area contributed by atoms with Gasteiger partial charge in [0.15, 0.2) is 17.4 Å². The molecule has 0 aromatic rings. The Hall–Kier alpha value is 1.98. The van der Waals surface area contributed by atoms with E-state index in [4.69, 9.17) is 0 Å². The zero-order chi connectivity index (χ0) is 0. The average molecular weight is 143 g/mol. The van der Waals surface area contributed by atoms with Gasteiger partial charge in [0.1, 0.15) is 0 Å². The molecule has 0 radical (unpaired) electrons. The Bertz CT molecular complexity index is 11.6. The molecule has 0 spiro atoms. The summed E-state index contributed by atoms with van der Waals surface area (Å²) in [5.41, 5.74) is 0. The smallest absolute Gasteiger partial charge is 1.00 e. The van der Waals surface area contributed by atoms with Crippen molar-refractivity contribution in [2.24, 2.45) is 0 Å². The molecule has 22 valence electrons. The van der Waals surface area contributed by atoms with Crippen LogP contribution >= 0.6 is 0 Å². The normalized spacial score (nSPS) is 0. The summed E-state index contributed by atoms with van der Waals surface area (Å²) in [6.07, 6.45) is 0. The van der Waals surface area contributed by atoms with Crippen molar-refractivity contribution in [1.29, 1.82) is 0 Å². The second-order valence-electron chi connectivity index (χ2n) is 0. The van der Waals surface area contributed by atoms with E-state index >= 15 is 0 Å². The zero-order valence-electron chi connectivity index (χ0n) is 2.00. The van der Waals surface area contributed by atoms with E-state index in [0.717, 1.165) is 0 Å². The van der Waals surface area contributed by atoms with E-state index in [2.05, 4.69) is 0 Å². The van der Waals surface area contributed by atoms with Crippen LogP contribution < -0.4 is 18.9 Å². The Morgan fingerprint density at radius 3 is 1.25 bits per heavy atom. The van der Waals surface area contributed by atoms with E-state index in [1.807, 2.05) is 0 Å². The summed E-state index contributed by atoms with van der Waals surface area (Å²) in [4.78, 5) is 0. The molecule has 0 saturated carbocycles. The van der Waals surface area contributed by atoms with Crippen LogP contribution in [0.5, 0.6) is 0 Å². The Morgan fingerprint density at radius 2 is 1.25 bits per heavy atom. The van der Waals surface area contributed by atoms with E-state index in [-0.39, 0.29) is 68.4 Å². The van der Waals surface area contributed by atoms with Crippen molar-refractivity contribution in [2.75, 3.05) is 0 Å². The first-order valence-corrected chi connectivity index (χ1v) is 0. The minimum atomic E-state index is 0. The monoisotopic (exact) mass is 142 g/mol. The van der Waals surface area contributed by atoms with Gasteiger partial charge in [0.25, 0.3) is 0 Å². The van der Waals surface area contributed by atoms with E-state index in [1.54, 1.807) is 0 Å². The standard InChI is InChI=1S/Al.Ga.Li.H4Si.7H/h;;;1H4;;;;;;;/q;;+1;;;;;;;;-1. The van der Waals surface area contributed by atoms with Crippen molar-refractivity contribution in [2.45, 2.75) is 0 Å². The van der Waals surface area contributed by atoms with Gasteiger partial charge in [-0.15, -0.1) is 0 Å². The third-order valence-electron chi connectivity index (χ3n) is 0. The van der Waals surface area contributed by atoms with Gasteiger partial charge in [0.05, 0.1) is 0 Å². The average Bonchev–Trinajstić information content (AvgIpc) is 0. The molecule has 0 heterocycles. The van der Waals surface area contributed by atoms with Crippen LogP contribution in [0.2, 0.25) is 0 Å². The van der Waals surface area contributed by atoms with Crippen LogP contribution in [0, 0.1) is 0 Å². The molecule has 0 rings (SSSR count). The molecular weight excluding hydrogens is 132 g/mol. The largest absolute Gasteiger partial charge is 1.00 e. The molecule has 0 aliphatic rings.